The Bertz CT molecular complexity index is 612. The first-order chi connectivity index (χ1) is 9.72. The Kier molecular flexibility index (Phi) is 3.54. The molecule has 2 aromatic rings. The van der Waals surface area contributed by atoms with Crippen LogP contribution in [0.2, 0.25) is 0 Å². The highest BCUT2D eigenvalue weighted by Gasteiger charge is 2.18. The van der Waals surface area contributed by atoms with Crippen LogP contribution in [0.4, 0.5) is 0 Å². The summed E-state index contributed by atoms with van der Waals surface area (Å²) < 4.78 is 1.76. The average molecular weight is 269 g/mol. The summed E-state index contributed by atoms with van der Waals surface area (Å²) in [4.78, 5) is 12.3. The first-order valence-electron chi connectivity index (χ1n) is 7.12. The van der Waals surface area contributed by atoms with Gasteiger partial charge in [-0.1, -0.05) is 25.0 Å². The molecular formula is C16H19N3O. The van der Waals surface area contributed by atoms with Gasteiger partial charge in [-0.25, -0.2) is 0 Å². The van der Waals surface area contributed by atoms with Gasteiger partial charge < -0.3 is 5.32 Å². The van der Waals surface area contributed by atoms with Crippen LogP contribution in [0.3, 0.4) is 0 Å². The molecule has 0 spiro atoms. The van der Waals surface area contributed by atoms with Gasteiger partial charge in [0.25, 0.3) is 5.91 Å². The predicted molar refractivity (Wildman–Crippen MR) is 78.4 cm³/mol. The summed E-state index contributed by atoms with van der Waals surface area (Å²) in [5.74, 6) is 0.0302. The van der Waals surface area contributed by atoms with E-state index in [0.29, 0.717) is 6.04 Å². The van der Waals surface area contributed by atoms with Crippen molar-refractivity contribution in [3.05, 3.63) is 42.2 Å². The van der Waals surface area contributed by atoms with Gasteiger partial charge in [-0.15, -0.1) is 0 Å². The maximum absolute atomic E-state index is 12.3. The van der Waals surface area contributed by atoms with E-state index in [1.165, 1.54) is 12.8 Å². The van der Waals surface area contributed by atoms with Gasteiger partial charge in [0.15, 0.2) is 0 Å². The van der Waals surface area contributed by atoms with Crippen molar-refractivity contribution in [1.82, 2.24) is 15.1 Å². The molecule has 1 aromatic heterocycles. The molecule has 20 heavy (non-hydrogen) atoms. The van der Waals surface area contributed by atoms with E-state index < -0.39 is 0 Å². The van der Waals surface area contributed by atoms with E-state index in [4.69, 9.17) is 0 Å². The zero-order valence-electron chi connectivity index (χ0n) is 11.7. The number of benzene rings is 1. The van der Waals surface area contributed by atoms with Gasteiger partial charge in [-0.2, -0.15) is 5.10 Å². The highest BCUT2D eigenvalue weighted by atomic mass is 16.1. The van der Waals surface area contributed by atoms with Crippen LogP contribution in [0.1, 0.15) is 36.0 Å². The molecule has 1 aromatic carbocycles. The third-order valence-electron chi connectivity index (χ3n) is 3.85. The highest BCUT2D eigenvalue weighted by Crippen LogP contribution is 2.21. The molecule has 104 valence electrons. The molecule has 3 rings (SSSR count). The monoisotopic (exact) mass is 269 g/mol. The lowest BCUT2D eigenvalue weighted by atomic mass is 10.1. The van der Waals surface area contributed by atoms with Gasteiger partial charge >= 0.3 is 0 Å². The van der Waals surface area contributed by atoms with Crippen LogP contribution >= 0.6 is 0 Å². The summed E-state index contributed by atoms with van der Waals surface area (Å²) in [6, 6.07) is 8.07. The second-order valence-corrected chi connectivity index (χ2v) is 5.44. The third-order valence-corrected chi connectivity index (χ3v) is 3.85. The summed E-state index contributed by atoms with van der Waals surface area (Å²) in [6.45, 7) is 0. The number of nitrogens with zero attached hydrogens (tertiary/aromatic N) is 2. The van der Waals surface area contributed by atoms with E-state index in [1.807, 2.05) is 43.7 Å². The zero-order valence-corrected chi connectivity index (χ0v) is 11.7. The third kappa shape index (κ3) is 2.74. The number of rotatable bonds is 3. The van der Waals surface area contributed by atoms with Crippen molar-refractivity contribution >= 4 is 5.91 Å². The number of aryl methyl sites for hydroxylation is 1. The molecule has 0 aliphatic heterocycles. The Morgan fingerprint density at radius 3 is 2.80 bits per heavy atom. The van der Waals surface area contributed by atoms with E-state index in [0.717, 1.165) is 29.5 Å². The number of hydrogen-bond acceptors (Lipinski definition) is 2. The molecule has 1 N–H and O–H groups in total. The van der Waals surface area contributed by atoms with E-state index >= 15 is 0 Å². The minimum absolute atomic E-state index is 0.0302. The van der Waals surface area contributed by atoms with Crippen LogP contribution in [0.15, 0.2) is 36.7 Å². The fourth-order valence-electron chi connectivity index (χ4n) is 2.75. The second kappa shape index (κ2) is 5.49. The number of hydrogen-bond donors (Lipinski definition) is 1. The molecular weight excluding hydrogens is 250 g/mol. The van der Waals surface area contributed by atoms with Crippen molar-refractivity contribution in [3.8, 4) is 11.1 Å². The Hall–Kier alpha value is -2.10. The topological polar surface area (TPSA) is 46.9 Å². The minimum Gasteiger partial charge on any atom is -0.349 e. The normalized spacial score (nSPS) is 15.4. The summed E-state index contributed by atoms with van der Waals surface area (Å²) in [7, 11) is 1.89. The summed E-state index contributed by atoms with van der Waals surface area (Å²) in [6.07, 6.45) is 8.42. The number of nitrogens with one attached hydrogen (secondary N) is 1. The maximum Gasteiger partial charge on any atom is 0.251 e. The molecule has 1 aliphatic rings. The van der Waals surface area contributed by atoms with Crippen molar-refractivity contribution in [1.29, 1.82) is 0 Å². The molecule has 0 saturated heterocycles. The first-order valence-corrected chi connectivity index (χ1v) is 7.12. The van der Waals surface area contributed by atoms with Gasteiger partial charge in [0.05, 0.1) is 6.20 Å². The minimum atomic E-state index is 0.0302. The Balaban J connectivity index is 1.78. The lowest BCUT2D eigenvalue weighted by Crippen LogP contribution is -2.32. The molecule has 0 bridgehead atoms. The van der Waals surface area contributed by atoms with Crippen molar-refractivity contribution in [2.24, 2.45) is 7.05 Å². The van der Waals surface area contributed by atoms with Crippen LogP contribution in [-0.2, 0) is 7.05 Å². The molecule has 4 heteroatoms. The second-order valence-electron chi connectivity index (χ2n) is 5.44. The van der Waals surface area contributed by atoms with Crippen LogP contribution in [-0.4, -0.2) is 21.7 Å². The van der Waals surface area contributed by atoms with E-state index in [9.17, 15) is 4.79 Å². The predicted octanol–water partition coefficient (Wildman–Crippen LogP) is 2.76. The SMILES string of the molecule is Cn1cc(-c2cccc(C(=O)NC3CCCC3)c2)cn1. The van der Waals surface area contributed by atoms with Gasteiger partial charge in [0.2, 0.25) is 0 Å². The van der Waals surface area contributed by atoms with Crippen LogP contribution in [0.5, 0.6) is 0 Å². The summed E-state index contributed by atoms with van der Waals surface area (Å²) in [5, 5.41) is 7.29. The Morgan fingerprint density at radius 2 is 2.10 bits per heavy atom. The van der Waals surface area contributed by atoms with E-state index in [-0.39, 0.29) is 5.91 Å². The highest BCUT2D eigenvalue weighted by molar-refractivity contribution is 5.95. The van der Waals surface area contributed by atoms with Gasteiger partial charge in [-0.3, -0.25) is 9.48 Å². The molecule has 4 nitrogen and oxygen atoms in total. The zero-order chi connectivity index (χ0) is 13.9. The molecule has 1 saturated carbocycles. The number of carbonyl (C=O) groups is 1. The van der Waals surface area contributed by atoms with Crippen molar-refractivity contribution in [2.75, 3.05) is 0 Å². The van der Waals surface area contributed by atoms with Crippen molar-refractivity contribution < 1.29 is 4.79 Å². The Morgan fingerprint density at radius 1 is 1.30 bits per heavy atom. The summed E-state index contributed by atoms with van der Waals surface area (Å²) >= 11 is 0. The number of aromatic nitrogens is 2. The molecule has 0 atom stereocenters. The number of amides is 1. The average Bonchev–Trinajstić information content (AvgIpc) is 3.10. The molecule has 1 aliphatic carbocycles. The fraction of sp³-hybridized carbons (Fsp3) is 0.375. The standard InChI is InChI=1S/C16H19N3O/c1-19-11-14(10-17-19)12-5-4-6-13(9-12)16(20)18-15-7-2-3-8-15/h4-6,9-11,15H,2-3,7-8H2,1H3,(H,18,20). The lowest BCUT2D eigenvalue weighted by molar-refractivity contribution is 0.0938. The fourth-order valence-corrected chi connectivity index (χ4v) is 2.75. The van der Waals surface area contributed by atoms with Crippen LogP contribution in [0, 0.1) is 0 Å². The first kappa shape index (κ1) is 12.9. The molecule has 0 radical (unpaired) electrons. The molecule has 1 amide bonds. The van der Waals surface area contributed by atoms with Gasteiger partial charge in [-0.05, 0) is 30.5 Å². The van der Waals surface area contributed by atoms with Crippen molar-refractivity contribution in [2.45, 2.75) is 31.7 Å². The van der Waals surface area contributed by atoms with Gasteiger partial charge in [0, 0.05) is 30.4 Å². The smallest absolute Gasteiger partial charge is 0.251 e. The Labute approximate surface area is 118 Å². The lowest BCUT2D eigenvalue weighted by Gasteiger charge is -2.12. The maximum atomic E-state index is 12.3. The van der Waals surface area contributed by atoms with Crippen LogP contribution < -0.4 is 5.32 Å². The molecule has 0 unspecified atom stereocenters. The van der Waals surface area contributed by atoms with Crippen LogP contribution in [0.25, 0.3) is 11.1 Å². The van der Waals surface area contributed by atoms with Gasteiger partial charge in [0.1, 0.15) is 0 Å². The van der Waals surface area contributed by atoms with Crippen molar-refractivity contribution in [3.63, 3.8) is 0 Å². The number of carbonyl (C=O) groups excluding carboxylic acids is 1. The van der Waals surface area contributed by atoms with E-state index in [2.05, 4.69) is 10.4 Å². The summed E-state index contributed by atoms with van der Waals surface area (Å²) in [5.41, 5.74) is 2.78. The molecule has 1 heterocycles. The van der Waals surface area contributed by atoms with E-state index in [1.54, 1.807) is 4.68 Å². The largest absolute Gasteiger partial charge is 0.349 e. The molecule has 1 fully saturated rings. The quantitative estimate of drug-likeness (QED) is 0.931.